The molecule has 0 radical (unpaired) electrons. The highest BCUT2D eigenvalue weighted by atomic mass is 31.2. The summed E-state index contributed by atoms with van der Waals surface area (Å²) in [4.78, 5) is 73.4. The van der Waals surface area contributed by atoms with Crippen molar-refractivity contribution < 1.29 is 80.2 Å². The second-order valence-electron chi connectivity index (χ2n) is 34.7. The van der Waals surface area contributed by atoms with Gasteiger partial charge >= 0.3 is 39.5 Å². The lowest BCUT2D eigenvalue weighted by molar-refractivity contribution is -0.161. The van der Waals surface area contributed by atoms with Crippen LogP contribution in [0.4, 0.5) is 0 Å². The van der Waals surface area contributed by atoms with E-state index in [2.05, 4.69) is 55.4 Å². The van der Waals surface area contributed by atoms with Crippen LogP contribution in [-0.4, -0.2) is 96.7 Å². The molecule has 660 valence electrons. The number of esters is 4. The lowest BCUT2D eigenvalue weighted by atomic mass is 9.99. The smallest absolute Gasteiger partial charge is 0.462 e. The monoisotopic (exact) mass is 1620 g/mol. The Hall–Kier alpha value is -1.94. The summed E-state index contributed by atoms with van der Waals surface area (Å²) in [5, 5.41) is 10.7. The number of unbranched alkanes of at least 4 members (excludes halogenated alkanes) is 54. The van der Waals surface area contributed by atoms with Crippen molar-refractivity contribution in [1.82, 2.24) is 0 Å². The van der Waals surface area contributed by atoms with Crippen molar-refractivity contribution in [2.45, 2.75) is 504 Å². The highest BCUT2D eigenvalue weighted by molar-refractivity contribution is 7.47. The van der Waals surface area contributed by atoms with Gasteiger partial charge in [-0.3, -0.25) is 37.3 Å². The predicted molar refractivity (Wildman–Crippen MR) is 460 cm³/mol. The zero-order chi connectivity index (χ0) is 81.6. The minimum atomic E-state index is -4.97. The van der Waals surface area contributed by atoms with Gasteiger partial charge in [0.25, 0.3) is 0 Å². The van der Waals surface area contributed by atoms with Crippen LogP contribution in [0.3, 0.4) is 0 Å². The van der Waals surface area contributed by atoms with Crippen molar-refractivity contribution >= 4 is 39.5 Å². The molecule has 17 nitrogen and oxygen atoms in total. The van der Waals surface area contributed by atoms with Crippen LogP contribution >= 0.6 is 15.6 Å². The Balaban J connectivity index is 5.25. The molecule has 0 aromatic carbocycles. The fraction of sp³-hybridized carbons (Fsp3) is 0.957. The lowest BCUT2D eigenvalue weighted by Gasteiger charge is -2.21. The highest BCUT2D eigenvalue weighted by Gasteiger charge is 2.31. The number of ether oxygens (including phenoxy) is 4. The normalized spacial score (nSPS) is 14.1. The fourth-order valence-electron chi connectivity index (χ4n) is 14.3. The first kappa shape index (κ1) is 109. The SMILES string of the molecule is CCC(C)CCCCCCCCCCCCCCCCCCCCC(=O)O[C@H](COC(=O)CCCCCCCCCCCCCCCCCCCCC(C)C)COP(=O)(O)OC[C@@H](O)COP(=O)(O)OC[C@@H](COC(=O)CCCCCCCCCCCC(C)C)OC(=O)CCCCCCCCCCCCCCCC(C)C. The maximum Gasteiger partial charge on any atom is 0.472 e. The number of hydrogen-bond acceptors (Lipinski definition) is 15. The molecular formula is C92H180O17P2. The summed E-state index contributed by atoms with van der Waals surface area (Å²) in [6.45, 7) is 14.4. The molecule has 3 unspecified atom stereocenters. The van der Waals surface area contributed by atoms with Crippen LogP contribution in [0.5, 0.6) is 0 Å². The standard InChI is InChI=1S/C92H180O17P2/c1-9-85(8)71-63-55-47-39-31-25-19-15-11-13-17-21-27-33-41-50-58-66-74-91(96)108-87(78-102-89(94)72-64-56-48-40-32-26-20-16-12-10-14-18-23-29-36-44-52-60-68-82(2)3)80-106-110(98,99)104-76-86(93)77-105-111(100,101)107-81-88(79-103-90(95)73-65-57-49-43-35-38-46-54-62-70-84(6)7)109-92(97)75-67-59-51-42-34-28-22-24-30-37-45-53-61-69-83(4)5/h82-88,93H,9-81H2,1-8H3,(H,98,99)(H,100,101)/t85?,86-,87-,88-/m1/s1. The number of aliphatic hydroxyl groups is 1. The molecular weight excluding hydrogens is 1440 g/mol. The molecule has 19 heteroatoms. The lowest BCUT2D eigenvalue weighted by Crippen LogP contribution is -2.30. The molecule has 0 aromatic rings. The van der Waals surface area contributed by atoms with Crippen LogP contribution in [0.15, 0.2) is 0 Å². The number of aliphatic hydroxyl groups excluding tert-OH is 1. The maximum atomic E-state index is 13.2. The number of phosphoric ester groups is 2. The third-order valence-corrected chi connectivity index (χ3v) is 23.8. The molecule has 3 N–H and O–H groups in total. The Labute approximate surface area is 683 Å². The molecule has 0 bridgehead atoms. The second-order valence-corrected chi connectivity index (χ2v) is 37.6. The summed E-state index contributed by atoms with van der Waals surface area (Å²) in [5.41, 5.74) is 0. The Kier molecular flexibility index (Phi) is 79.1. The molecule has 0 aliphatic rings. The number of hydrogen-bond donors (Lipinski definition) is 3. The quantitative estimate of drug-likeness (QED) is 0.0222. The minimum Gasteiger partial charge on any atom is -0.462 e. The van der Waals surface area contributed by atoms with E-state index in [4.69, 9.17) is 37.0 Å². The van der Waals surface area contributed by atoms with Gasteiger partial charge in [-0.05, 0) is 49.4 Å². The largest absolute Gasteiger partial charge is 0.472 e. The third-order valence-electron chi connectivity index (χ3n) is 21.9. The van der Waals surface area contributed by atoms with Gasteiger partial charge in [0.1, 0.15) is 19.3 Å². The number of carbonyl (C=O) groups excluding carboxylic acids is 4. The molecule has 0 heterocycles. The summed E-state index contributed by atoms with van der Waals surface area (Å²) in [6, 6.07) is 0. The summed E-state index contributed by atoms with van der Waals surface area (Å²) < 4.78 is 69.1. The third kappa shape index (κ3) is 84.3. The van der Waals surface area contributed by atoms with Gasteiger partial charge in [-0.1, -0.05) is 434 Å². The molecule has 0 spiro atoms. The first-order valence-electron chi connectivity index (χ1n) is 47.2. The van der Waals surface area contributed by atoms with Gasteiger partial charge in [0.05, 0.1) is 26.4 Å². The number of rotatable bonds is 89. The van der Waals surface area contributed by atoms with Crippen LogP contribution in [-0.2, 0) is 65.4 Å². The van der Waals surface area contributed by atoms with Crippen molar-refractivity contribution in [2.24, 2.45) is 23.7 Å². The van der Waals surface area contributed by atoms with E-state index in [0.29, 0.717) is 25.7 Å². The minimum absolute atomic E-state index is 0.107. The van der Waals surface area contributed by atoms with E-state index >= 15 is 0 Å². The van der Waals surface area contributed by atoms with Gasteiger partial charge in [0.2, 0.25) is 0 Å². The zero-order valence-electron chi connectivity index (χ0n) is 73.6. The molecule has 0 aliphatic carbocycles. The second kappa shape index (κ2) is 80.5. The van der Waals surface area contributed by atoms with E-state index in [1.807, 2.05) is 0 Å². The van der Waals surface area contributed by atoms with E-state index in [0.717, 1.165) is 114 Å². The Morgan fingerprint density at radius 3 is 0.640 bits per heavy atom. The molecule has 0 rings (SSSR count). The van der Waals surface area contributed by atoms with Crippen LogP contribution in [0.1, 0.15) is 486 Å². The van der Waals surface area contributed by atoms with E-state index in [-0.39, 0.29) is 25.7 Å². The first-order chi connectivity index (χ1) is 53.6. The molecule has 0 fully saturated rings. The molecule has 0 amide bonds. The Morgan fingerprint density at radius 1 is 0.252 bits per heavy atom. The van der Waals surface area contributed by atoms with Gasteiger partial charge < -0.3 is 33.8 Å². The topological polar surface area (TPSA) is 237 Å². The fourth-order valence-corrected chi connectivity index (χ4v) is 15.9. The summed E-state index contributed by atoms with van der Waals surface area (Å²) in [5.74, 6) is 1.12. The van der Waals surface area contributed by atoms with Crippen molar-refractivity contribution in [3.63, 3.8) is 0 Å². The van der Waals surface area contributed by atoms with Crippen LogP contribution in [0, 0.1) is 23.7 Å². The molecule has 6 atom stereocenters. The predicted octanol–water partition coefficient (Wildman–Crippen LogP) is 28.3. The van der Waals surface area contributed by atoms with Crippen molar-refractivity contribution in [3.8, 4) is 0 Å². The van der Waals surface area contributed by atoms with Gasteiger partial charge in [0.15, 0.2) is 12.2 Å². The van der Waals surface area contributed by atoms with Crippen molar-refractivity contribution in [3.05, 3.63) is 0 Å². The maximum absolute atomic E-state index is 13.2. The highest BCUT2D eigenvalue weighted by Crippen LogP contribution is 2.45. The average Bonchev–Trinajstić information content (AvgIpc) is 0.898. The average molecular weight is 1620 g/mol. The van der Waals surface area contributed by atoms with Gasteiger partial charge in [-0.25, -0.2) is 9.13 Å². The van der Waals surface area contributed by atoms with Crippen LogP contribution < -0.4 is 0 Å². The van der Waals surface area contributed by atoms with E-state index in [9.17, 15) is 43.2 Å². The summed E-state index contributed by atoms with van der Waals surface area (Å²) in [7, 11) is -9.94. The first-order valence-corrected chi connectivity index (χ1v) is 50.2. The zero-order valence-corrected chi connectivity index (χ0v) is 75.4. The Bertz CT molecular complexity index is 2150. The molecule has 0 saturated heterocycles. The van der Waals surface area contributed by atoms with Crippen molar-refractivity contribution in [2.75, 3.05) is 39.6 Å². The molecule has 111 heavy (non-hydrogen) atoms. The van der Waals surface area contributed by atoms with E-state index < -0.39 is 97.5 Å². The molecule has 0 aromatic heterocycles. The van der Waals surface area contributed by atoms with Gasteiger partial charge in [0, 0.05) is 25.7 Å². The van der Waals surface area contributed by atoms with Crippen LogP contribution in [0.2, 0.25) is 0 Å². The van der Waals surface area contributed by atoms with Crippen molar-refractivity contribution in [1.29, 1.82) is 0 Å². The Morgan fingerprint density at radius 2 is 0.432 bits per heavy atom. The van der Waals surface area contributed by atoms with E-state index in [1.165, 1.54) is 289 Å². The van der Waals surface area contributed by atoms with Gasteiger partial charge in [-0.2, -0.15) is 0 Å². The summed E-state index contributed by atoms with van der Waals surface area (Å²) in [6.07, 6.45) is 72.3. The van der Waals surface area contributed by atoms with Gasteiger partial charge in [-0.15, -0.1) is 0 Å². The van der Waals surface area contributed by atoms with Crippen LogP contribution in [0.25, 0.3) is 0 Å². The number of phosphoric acid groups is 2. The number of carbonyl (C=O) groups is 4. The van der Waals surface area contributed by atoms with E-state index in [1.54, 1.807) is 0 Å². The summed E-state index contributed by atoms with van der Waals surface area (Å²) >= 11 is 0. The molecule has 0 aliphatic heterocycles. The molecule has 0 saturated carbocycles.